The maximum atomic E-state index is 14.9. The average Bonchev–Trinajstić information content (AvgIpc) is 1.84. The first kappa shape index (κ1) is 84.3. The molecule has 35 heteroatoms. The summed E-state index contributed by atoms with van der Waals surface area (Å²) >= 11 is 1.33. The molecule has 101 heavy (non-hydrogen) atoms. The topological polar surface area (TPSA) is 551 Å². The molecule has 2 aliphatic rings. The number of amides is 12. The normalized spacial score (nSPS) is 23.0. The van der Waals surface area contributed by atoms with Crippen molar-refractivity contribution in [1.29, 1.82) is 0 Å². The van der Waals surface area contributed by atoms with Gasteiger partial charge >= 0.3 is 11.9 Å². The molecule has 15 atom stereocenters. The number of hydrogen-bond donors (Lipinski definition) is 18. The number of thioether (sulfide) groups is 1. The lowest BCUT2D eigenvalue weighted by Crippen LogP contribution is -2.62. The number of nitrogens with one attached hydrogen (secondary N) is 12. The molecule has 4 rings (SSSR count). The molecule has 0 unspecified atom stereocenters. The highest BCUT2D eigenvalue weighted by molar-refractivity contribution is 8.14. The number of rotatable bonds is 32. The number of carboxylic acid groups (broad SMARTS) is 2. The number of aliphatic hydroxyl groups is 1. The Balaban J connectivity index is 1.79. The van der Waals surface area contributed by atoms with E-state index < -0.39 is 199 Å². The summed E-state index contributed by atoms with van der Waals surface area (Å²) in [7, 11) is 0. The van der Waals surface area contributed by atoms with Gasteiger partial charge in [-0.1, -0.05) is 91.6 Å². The van der Waals surface area contributed by atoms with Crippen LogP contribution in [0.2, 0.25) is 0 Å². The van der Waals surface area contributed by atoms with Crippen LogP contribution in [-0.2, 0) is 80.0 Å². The Bertz CT molecular complexity index is 3180. The molecule has 2 aromatic rings. The summed E-state index contributed by atoms with van der Waals surface area (Å²) in [5.74, 6) is -16.4. The first-order chi connectivity index (χ1) is 47.9. The number of primary amides is 1. The van der Waals surface area contributed by atoms with Gasteiger partial charge in [-0.3, -0.25) is 72.1 Å². The Hall–Kier alpha value is -9.09. The lowest BCUT2D eigenvalue weighted by atomic mass is 9.95. The molecule has 34 nitrogen and oxygen atoms in total. The van der Waals surface area contributed by atoms with Gasteiger partial charge in [-0.05, 0) is 81.2 Å². The van der Waals surface area contributed by atoms with Gasteiger partial charge in [-0.25, -0.2) is 4.98 Å². The van der Waals surface area contributed by atoms with Crippen molar-refractivity contribution in [1.82, 2.24) is 68.5 Å². The molecule has 1 fully saturated rings. The number of aromatic nitrogens is 2. The number of carbonyl (C=O) groups excluding carboxylic acids is 12. The number of aliphatic carboxylic acids is 2. The van der Waals surface area contributed by atoms with E-state index in [0.29, 0.717) is 10.6 Å². The minimum absolute atomic E-state index is 0.00626. The SMILES string of the molecule is CC[C@H](CO)[C@H](NC(=O)[C@@H](CCC(=O)O)NC(=O)[C@H](CC(C)C)NC(=O)[C@@H]1CSC([C@@H](N)[C@@H](C)CC)=N1)C(=O)N[C@H]1CCCCNC(=O)[C@H](CC(N)=O)NC(=O)[C@@H](CC(=O)O)NC(=O)[C@H](Cc2cnc[nH]2)NC(=O)[C@@H](Cc2ccccc2)NC(=O)[C@H]([C@@H](C)CC)NC(=O)[C@@H](CCCN)NC1=O. The molecular formula is C66H103N17O17S. The van der Waals surface area contributed by atoms with E-state index in [2.05, 4.69) is 73.4 Å². The van der Waals surface area contributed by atoms with Crippen molar-refractivity contribution in [3.05, 3.63) is 54.1 Å². The molecule has 1 aromatic carbocycles. The largest absolute Gasteiger partial charge is 0.481 e. The number of aliphatic hydroxyl groups excluding tert-OH is 1. The Morgan fingerprint density at radius 1 is 0.683 bits per heavy atom. The van der Waals surface area contributed by atoms with Gasteiger partial charge in [0, 0.05) is 56.0 Å². The zero-order chi connectivity index (χ0) is 75.0. The molecule has 12 amide bonds. The molecule has 0 saturated carbocycles. The zero-order valence-electron chi connectivity index (χ0n) is 58.3. The Morgan fingerprint density at radius 3 is 1.88 bits per heavy atom. The fourth-order valence-corrected chi connectivity index (χ4v) is 12.2. The Labute approximate surface area is 590 Å². The van der Waals surface area contributed by atoms with Crippen LogP contribution in [0.4, 0.5) is 0 Å². The highest BCUT2D eigenvalue weighted by Crippen LogP contribution is 2.25. The number of H-pyrrole nitrogens is 1. The van der Waals surface area contributed by atoms with Crippen molar-refractivity contribution in [2.45, 2.75) is 217 Å². The van der Waals surface area contributed by atoms with Crippen molar-refractivity contribution < 1.29 is 82.4 Å². The second-order valence-corrected chi connectivity index (χ2v) is 27.0. The van der Waals surface area contributed by atoms with Gasteiger partial charge in [-0.15, -0.1) is 11.8 Å². The van der Waals surface area contributed by atoms with E-state index in [1.165, 1.54) is 24.3 Å². The minimum Gasteiger partial charge on any atom is -0.481 e. The number of imidazole rings is 1. The lowest BCUT2D eigenvalue weighted by Gasteiger charge is -2.31. The molecule has 0 aliphatic carbocycles. The third-order valence-electron chi connectivity index (χ3n) is 17.5. The van der Waals surface area contributed by atoms with Gasteiger partial charge in [0.2, 0.25) is 70.9 Å². The third-order valence-corrected chi connectivity index (χ3v) is 18.7. The van der Waals surface area contributed by atoms with Crippen LogP contribution in [0.25, 0.3) is 0 Å². The molecule has 1 aromatic heterocycles. The summed E-state index contributed by atoms with van der Waals surface area (Å²) in [6.07, 6.45) is -0.300. The summed E-state index contributed by atoms with van der Waals surface area (Å²) in [4.78, 5) is 207. The van der Waals surface area contributed by atoms with E-state index in [9.17, 15) is 82.4 Å². The quantitative estimate of drug-likeness (QED) is 0.0354. The molecule has 21 N–H and O–H groups in total. The molecule has 1 saturated heterocycles. The number of aromatic amines is 1. The smallest absolute Gasteiger partial charge is 0.305 e. The molecular weight excluding hydrogens is 1330 g/mol. The van der Waals surface area contributed by atoms with E-state index in [1.54, 1.807) is 65.0 Å². The van der Waals surface area contributed by atoms with Gasteiger partial charge in [-0.2, -0.15) is 0 Å². The van der Waals surface area contributed by atoms with E-state index in [0.717, 1.165) is 6.42 Å². The van der Waals surface area contributed by atoms with Crippen molar-refractivity contribution in [2.24, 2.45) is 45.9 Å². The van der Waals surface area contributed by atoms with Crippen LogP contribution in [0, 0.1) is 23.7 Å². The zero-order valence-corrected chi connectivity index (χ0v) is 59.1. The van der Waals surface area contributed by atoms with Gasteiger partial charge in [0.05, 0.1) is 30.3 Å². The first-order valence-corrected chi connectivity index (χ1v) is 35.2. The highest BCUT2D eigenvalue weighted by Gasteiger charge is 2.40. The number of hydrogen-bond acceptors (Lipinski definition) is 20. The maximum Gasteiger partial charge on any atom is 0.305 e. The monoisotopic (exact) mass is 1440 g/mol. The number of nitrogens with zero attached hydrogens (tertiary/aromatic N) is 2. The summed E-state index contributed by atoms with van der Waals surface area (Å²) in [5.41, 5.74) is 18.7. The standard InChI is InChI=1S/C66H103N17O17S/c1-8-35(6)52(69)66-81-48(32-101-66)63(98)76-43(25-34(4)5)59(94)74-42(21-22-50(86)87)58(93)83-54(38(10-3)31-84)65(100)75-40-19-14-15-24-71-55(90)46(28-49(68)85)78-62(97)47(29-51(88)89)79-61(96)45(27-39-30-70-33-72-39)77-60(95)44(26-37-17-12-11-13-18-37)80-64(99)53(36(7)9-2)82-57(92)41(20-16-23-67)73-56(40)91/h11-13,17-18,30,33-36,38,40-48,52-54,84H,8-10,14-16,19-29,31-32,67,69H2,1-7H3,(H2,68,85)(H,70,72)(H,71,90)(H,73,91)(H,74,94)(H,75,100)(H,76,98)(H,77,95)(H,78,97)(H,79,96)(H,80,99)(H,82,92)(H,83,93)(H,86,87)(H,88,89)/t35-,36-,38+,40-,41+,42+,43-,44+,45-,46-,47+,48-,52-,53-,54-/m0/s1. The average molecular weight is 1440 g/mol. The predicted octanol–water partition coefficient (Wildman–Crippen LogP) is -2.71. The molecule has 560 valence electrons. The molecule has 3 heterocycles. The Kier molecular flexibility index (Phi) is 35.8. The summed E-state index contributed by atoms with van der Waals surface area (Å²) in [5, 5.41) is 59.4. The van der Waals surface area contributed by atoms with Crippen molar-refractivity contribution in [2.75, 3.05) is 25.4 Å². The summed E-state index contributed by atoms with van der Waals surface area (Å²) < 4.78 is 0. The number of nitrogens with two attached hydrogens (primary N) is 3. The number of carbonyl (C=O) groups is 14. The van der Waals surface area contributed by atoms with E-state index in [4.69, 9.17) is 17.2 Å². The summed E-state index contributed by atoms with van der Waals surface area (Å²) in [6, 6.07) is -8.99. The molecule has 2 aliphatic heterocycles. The van der Waals surface area contributed by atoms with Crippen molar-refractivity contribution in [3.8, 4) is 0 Å². The fraction of sp³-hybridized carbons (Fsp3) is 0.636. The predicted molar refractivity (Wildman–Crippen MR) is 371 cm³/mol. The maximum absolute atomic E-state index is 14.9. The second kappa shape index (κ2) is 42.9. The summed E-state index contributed by atoms with van der Waals surface area (Å²) in [6.45, 7) is 11.5. The molecule has 0 bridgehead atoms. The van der Waals surface area contributed by atoms with Crippen LogP contribution in [0.3, 0.4) is 0 Å². The highest BCUT2D eigenvalue weighted by atomic mass is 32.2. The number of benzene rings is 1. The van der Waals surface area contributed by atoms with Gasteiger partial charge in [0.25, 0.3) is 0 Å². The fourth-order valence-electron chi connectivity index (χ4n) is 11.0. The van der Waals surface area contributed by atoms with Gasteiger partial charge in [0.1, 0.15) is 66.5 Å². The lowest BCUT2D eigenvalue weighted by molar-refractivity contribution is -0.142. The van der Waals surface area contributed by atoms with Crippen LogP contribution >= 0.6 is 11.8 Å². The van der Waals surface area contributed by atoms with E-state index in [1.807, 2.05) is 13.8 Å². The van der Waals surface area contributed by atoms with Crippen molar-refractivity contribution in [3.63, 3.8) is 0 Å². The number of aliphatic imine (C=N–C) groups is 1. The first-order valence-electron chi connectivity index (χ1n) is 34.2. The Morgan fingerprint density at radius 2 is 1.30 bits per heavy atom. The van der Waals surface area contributed by atoms with Crippen molar-refractivity contribution >= 4 is 99.6 Å². The minimum atomic E-state index is -1.96. The third kappa shape index (κ3) is 28.1. The molecule has 0 spiro atoms. The van der Waals surface area contributed by atoms with Crippen LogP contribution in [-0.4, -0.2) is 211 Å². The van der Waals surface area contributed by atoms with Crippen LogP contribution < -0.4 is 75.7 Å². The number of carboxylic acids is 2. The van der Waals surface area contributed by atoms with Gasteiger partial charge in [0.15, 0.2) is 0 Å². The second-order valence-electron chi connectivity index (χ2n) is 25.9. The van der Waals surface area contributed by atoms with E-state index in [-0.39, 0.29) is 101 Å². The van der Waals surface area contributed by atoms with Crippen LogP contribution in [0.1, 0.15) is 143 Å². The molecule has 0 radical (unpaired) electrons. The van der Waals surface area contributed by atoms with Crippen LogP contribution in [0.15, 0.2) is 47.8 Å². The van der Waals surface area contributed by atoms with Crippen LogP contribution in [0.5, 0.6) is 0 Å². The van der Waals surface area contributed by atoms with Gasteiger partial charge < -0.3 is 96.0 Å². The van der Waals surface area contributed by atoms with E-state index >= 15 is 0 Å².